The van der Waals surface area contributed by atoms with Gasteiger partial charge in [0.15, 0.2) is 0 Å². The number of carboxylic acids is 1. The van der Waals surface area contributed by atoms with Crippen LogP contribution in [0, 0.1) is 29.6 Å². The van der Waals surface area contributed by atoms with Crippen molar-refractivity contribution in [3.63, 3.8) is 0 Å². The maximum atomic E-state index is 13.2. The number of anilines is 1. The Bertz CT molecular complexity index is 1480. The minimum atomic E-state index is -1.14. The highest BCUT2D eigenvalue weighted by atomic mass is 16.6. The lowest BCUT2D eigenvalue weighted by Crippen LogP contribution is -2.36. The summed E-state index contributed by atoms with van der Waals surface area (Å²) in [5.41, 5.74) is 3.05. The van der Waals surface area contributed by atoms with Crippen molar-refractivity contribution in [2.75, 3.05) is 4.90 Å². The fraction of sp³-hybridized carbons (Fsp3) is 0.233. The Morgan fingerprint density at radius 2 is 1.77 bits per heavy atom. The van der Waals surface area contributed by atoms with E-state index in [1.165, 1.54) is 11.0 Å². The number of rotatable bonds is 8. The predicted octanol–water partition coefficient (Wildman–Crippen LogP) is 5.75. The molecule has 0 saturated heterocycles. The van der Waals surface area contributed by atoms with Crippen LogP contribution in [0.3, 0.4) is 0 Å². The third-order valence-electron chi connectivity index (χ3n) is 5.49. The lowest BCUT2D eigenvalue weighted by Gasteiger charge is -2.28. The number of ether oxygens (including phenoxy) is 2. The molecular formula is C30H28N4O5. The third kappa shape index (κ3) is 7.91. The monoisotopic (exact) mass is 524 g/mol. The second-order valence-corrected chi connectivity index (χ2v) is 9.62. The Balaban J connectivity index is 2.02. The first kappa shape index (κ1) is 28.4. The van der Waals surface area contributed by atoms with Gasteiger partial charge in [-0.15, -0.1) is 0 Å². The van der Waals surface area contributed by atoms with Crippen LogP contribution in [0.25, 0.3) is 6.08 Å². The molecule has 9 heteroatoms. The number of nitriles is 2. The molecule has 0 saturated carbocycles. The first-order chi connectivity index (χ1) is 18.5. The SMILES string of the molecule is Cc1c(CN(C(=O)OC(C)(C)C)c2ccc(C#N)cc2)cnc(/C=C/C(=O)O)c1OCc1cccc(C#N)c1. The summed E-state index contributed by atoms with van der Waals surface area (Å²) in [6.45, 7) is 7.29. The molecule has 2 aromatic carbocycles. The number of pyridine rings is 1. The number of benzene rings is 2. The highest BCUT2D eigenvalue weighted by Gasteiger charge is 2.25. The number of carbonyl (C=O) groups excluding carboxylic acids is 1. The molecule has 1 N–H and O–H groups in total. The Hall–Kier alpha value is -5.15. The maximum Gasteiger partial charge on any atom is 0.415 e. The summed E-state index contributed by atoms with van der Waals surface area (Å²) < 4.78 is 11.7. The standard InChI is InChI=1S/C30H28N4O5/c1-20-24(18-34(29(37)39-30(2,3)4)25-10-8-21(15-31)9-11-25)17-33-26(12-13-27(35)36)28(20)38-19-23-7-5-6-22(14-23)16-32/h5-14,17H,18-19H2,1-4H3,(H,35,36)/b13-12+. The molecule has 1 aromatic heterocycles. The van der Waals surface area contributed by atoms with E-state index >= 15 is 0 Å². The van der Waals surface area contributed by atoms with Gasteiger partial charge in [-0.3, -0.25) is 9.88 Å². The number of aliphatic carboxylic acids is 1. The number of carbonyl (C=O) groups is 2. The molecule has 0 aliphatic carbocycles. The van der Waals surface area contributed by atoms with Crippen LogP contribution >= 0.6 is 0 Å². The second kappa shape index (κ2) is 12.4. The lowest BCUT2D eigenvalue weighted by atomic mass is 10.1. The summed E-state index contributed by atoms with van der Waals surface area (Å²) in [6, 6.07) is 17.7. The number of hydrogen-bond donors (Lipinski definition) is 1. The second-order valence-electron chi connectivity index (χ2n) is 9.62. The summed E-state index contributed by atoms with van der Waals surface area (Å²) in [6.07, 6.45) is 3.28. The number of hydrogen-bond acceptors (Lipinski definition) is 7. The molecule has 0 spiro atoms. The Morgan fingerprint density at radius 1 is 1.08 bits per heavy atom. The smallest absolute Gasteiger partial charge is 0.415 e. The van der Waals surface area contributed by atoms with Crippen molar-refractivity contribution in [1.82, 2.24) is 4.98 Å². The van der Waals surface area contributed by atoms with Crippen LogP contribution in [0.4, 0.5) is 10.5 Å². The van der Waals surface area contributed by atoms with E-state index in [0.29, 0.717) is 39.4 Å². The van der Waals surface area contributed by atoms with Crippen molar-refractivity contribution in [3.05, 3.63) is 94.3 Å². The van der Waals surface area contributed by atoms with Gasteiger partial charge in [-0.25, -0.2) is 9.59 Å². The molecule has 0 bridgehead atoms. The van der Waals surface area contributed by atoms with Gasteiger partial charge < -0.3 is 14.6 Å². The van der Waals surface area contributed by atoms with Gasteiger partial charge >= 0.3 is 12.1 Å². The normalized spacial score (nSPS) is 10.9. The van der Waals surface area contributed by atoms with Crippen molar-refractivity contribution in [3.8, 4) is 17.9 Å². The zero-order valence-corrected chi connectivity index (χ0v) is 22.1. The zero-order chi connectivity index (χ0) is 28.6. The van der Waals surface area contributed by atoms with E-state index in [-0.39, 0.29) is 13.2 Å². The summed E-state index contributed by atoms with van der Waals surface area (Å²) >= 11 is 0. The van der Waals surface area contributed by atoms with E-state index in [2.05, 4.69) is 17.1 Å². The van der Waals surface area contributed by atoms with Gasteiger partial charge in [-0.1, -0.05) is 12.1 Å². The minimum Gasteiger partial charge on any atom is -0.486 e. The van der Waals surface area contributed by atoms with Gasteiger partial charge in [0.2, 0.25) is 0 Å². The molecule has 9 nitrogen and oxygen atoms in total. The predicted molar refractivity (Wildman–Crippen MR) is 145 cm³/mol. The van der Waals surface area contributed by atoms with E-state index in [9.17, 15) is 14.9 Å². The summed E-state index contributed by atoms with van der Waals surface area (Å²) in [7, 11) is 0. The van der Waals surface area contributed by atoms with Gasteiger partial charge in [-0.05, 0) is 86.9 Å². The highest BCUT2D eigenvalue weighted by Crippen LogP contribution is 2.30. The zero-order valence-electron chi connectivity index (χ0n) is 22.1. The lowest BCUT2D eigenvalue weighted by molar-refractivity contribution is -0.131. The van der Waals surface area contributed by atoms with E-state index in [0.717, 1.165) is 11.6 Å². The molecule has 0 fully saturated rings. The molecule has 3 rings (SSSR count). The number of nitrogens with zero attached hydrogens (tertiary/aromatic N) is 4. The van der Waals surface area contributed by atoms with Crippen molar-refractivity contribution in [2.24, 2.45) is 0 Å². The topological polar surface area (TPSA) is 137 Å². The number of amides is 1. The van der Waals surface area contributed by atoms with Crippen LogP contribution < -0.4 is 9.64 Å². The Labute approximate surface area is 227 Å². The van der Waals surface area contributed by atoms with Crippen LogP contribution in [-0.4, -0.2) is 27.8 Å². The van der Waals surface area contributed by atoms with E-state index < -0.39 is 17.7 Å². The fourth-order valence-corrected chi connectivity index (χ4v) is 3.60. The quantitative estimate of drug-likeness (QED) is 0.368. The molecule has 0 aliphatic heterocycles. The molecule has 3 aromatic rings. The number of carboxylic acid groups (broad SMARTS) is 1. The molecule has 0 aliphatic rings. The molecule has 0 radical (unpaired) electrons. The van der Waals surface area contributed by atoms with Crippen molar-refractivity contribution < 1.29 is 24.2 Å². The van der Waals surface area contributed by atoms with Crippen LogP contribution in [0.15, 0.2) is 60.8 Å². The number of aromatic nitrogens is 1. The molecule has 39 heavy (non-hydrogen) atoms. The summed E-state index contributed by atoms with van der Waals surface area (Å²) in [5, 5.41) is 27.5. The highest BCUT2D eigenvalue weighted by molar-refractivity contribution is 5.88. The van der Waals surface area contributed by atoms with Gasteiger partial charge in [0.25, 0.3) is 0 Å². The van der Waals surface area contributed by atoms with Crippen LogP contribution in [0.5, 0.6) is 5.75 Å². The summed E-state index contributed by atoms with van der Waals surface area (Å²) in [5.74, 6) is -0.792. The van der Waals surface area contributed by atoms with Crippen molar-refractivity contribution in [1.29, 1.82) is 10.5 Å². The fourth-order valence-electron chi connectivity index (χ4n) is 3.60. The first-order valence-corrected chi connectivity index (χ1v) is 12.0. The van der Waals surface area contributed by atoms with E-state index in [1.807, 2.05) is 6.07 Å². The Morgan fingerprint density at radius 3 is 2.38 bits per heavy atom. The molecule has 1 heterocycles. The van der Waals surface area contributed by atoms with Gasteiger partial charge in [-0.2, -0.15) is 10.5 Å². The Kier molecular flexibility index (Phi) is 9.03. The maximum absolute atomic E-state index is 13.2. The average Bonchev–Trinajstić information content (AvgIpc) is 2.90. The van der Waals surface area contributed by atoms with Crippen molar-refractivity contribution >= 4 is 23.8 Å². The third-order valence-corrected chi connectivity index (χ3v) is 5.49. The van der Waals surface area contributed by atoms with Gasteiger partial charge in [0.1, 0.15) is 23.7 Å². The molecule has 198 valence electrons. The average molecular weight is 525 g/mol. The largest absolute Gasteiger partial charge is 0.486 e. The van der Waals surface area contributed by atoms with Crippen LogP contribution in [-0.2, 0) is 22.7 Å². The summed E-state index contributed by atoms with van der Waals surface area (Å²) in [4.78, 5) is 30.2. The van der Waals surface area contributed by atoms with Gasteiger partial charge in [0, 0.05) is 18.0 Å². The molecular weight excluding hydrogens is 496 g/mol. The molecule has 1 amide bonds. The van der Waals surface area contributed by atoms with Crippen LogP contribution in [0.1, 0.15) is 54.3 Å². The first-order valence-electron chi connectivity index (χ1n) is 12.0. The van der Waals surface area contributed by atoms with E-state index in [1.54, 1.807) is 76.4 Å². The van der Waals surface area contributed by atoms with E-state index in [4.69, 9.17) is 19.8 Å². The van der Waals surface area contributed by atoms with Crippen molar-refractivity contribution in [2.45, 2.75) is 46.4 Å². The minimum absolute atomic E-state index is 0.0723. The molecule has 0 unspecified atom stereocenters. The van der Waals surface area contributed by atoms with Gasteiger partial charge in [0.05, 0.1) is 29.8 Å². The van der Waals surface area contributed by atoms with Crippen LogP contribution in [0.2, 0.25) is 0 Å². The molecule has 0 atom stereocenters.